The summed E-state index contributed by atoms with van der Waals surface area (Å²) in [6.45, 7) is 5.64. The third kappa shape index (κ3) is 5.92. The van der Waals surface area contributed by atoms with Crippen LogP contribution in [0, 0.1) is 6.92 Å². The van der Waals surface area contributed by atoms with Gasteiger partial charge >= 0.3 is 0 Å². The normalized spacial score (nSPS) is 14.5. The van der Waals surface area contributed by atoms with E-state index in [9.17, 15) is 9.59 Å². The molecule has 1 heterocycles. The number of amides is 2. The van der Waals surface area contributed by atoms with Gasteiger partial charge in [0, 0.05) is 18.7 Å². The van der Waals surface area contributed by atoms with Gasteiger partial charge in [-0.3, -0.25) is 14.5 Å². The predicted octanol–water partition coefficient (Wildman–Crippen LogP) is 3.03. The second-order valence-corrected chi connectivity index (χ2v) is 7.43. The summed E-state index contributed by atoms with van der Waals surface area (Å²) in [5.74, 6) is -0.422. The Hall–Kier alpha value is -2.66. The van der Waals surface area contributed by atoms with Gasteiger partial charge in [0.2, 0.25) is 5.91 Å². The average molecular weight is 380 g/mol. The fourth-order valence-electron chi connectivity index (χ4n) is 3.47. The number of benzene rings is 2. The highest BCUT2D eigenvalue weighted by Crippen LogP contribution is 2.16. The van der Waals surface area contributed by atoms with Gasteiger partial charge in [-0.15, -0.1) is 0 Å². The molecule has 0 atom stereocenters. The van der Waals surface area contributed by atoms with Crippen molar-refractivity contribution >= 4 is 11.8 Å². The molecule has 0 radical (unpaired) electrons. The molecule has 0 bridgehead atoms. The minimum Gasteiger partial charge on any atom is -0.350 e. The summed E-state index contributed by atoms with van der Waals surface area (Å²) in [5.41, 5.74) is 4.04. The van der Waals surface area contributed by atoms with Crippen LogP contribution in [0.2, 0.25) is 0 Å². The predicted molar refractivity (Wildman–Crippen MR) is 111 cm³/mol. The van der Waals surface area contributed by atoms with Crippen molar-refractivity contribution in [1.82, 2.24) is 15.5 Å². The van der Waals surface area contributed by atoms with Crippen LogP contribution in [0.5, 0.6) is 0 Å². The summed E-state index contributed by atoms with van der Waals surface area (Å²) in [4.78, 5) is 26.8. The van der Waals surface area contributed by atoms with Gasteiger partial charge in [-0.05, 0) is 56.1 Å². The largest absolute Gasteiger partial charge is 0.350 e. The molecule has 2 N–H and O–H groups in total. The molecule has 1 aliphatic rings. The van der Waals surface area contributed by atoms with Gasteiger partial charge in [-0.1, -0.05) is 48.4 Å². The van der Waals surface area contributed by atoms with Crippen molar-refractivity contribution < 1.29 is 9.59 Å². The molecular weight excluding hydrogens is 350 g/mol. The second-order valence-electron chi connectivity index (χ2n) is 7.43. The van der Waals surface area contributed by atoms with Gasteiger partial charge in [0.1, 0.15) is 0 Å². The van der Waals surface area contributed by atoms with Gasteiger partial charge in [-0.25, -0.2) is 0 Å². The minimum absolute atomic E-state index is 0.0268. The zero-order valence-electron chi connectivity index (χ0n) is 16.5. The Kier molecular flexibility index (Phi) is 7.20. The minimum atomic E-state index is -0.236. The van der Waals surface area contributed by atoms with Crippen LogP contribution in [-0.2, 0) is 17.9 Å². The van der Waals surface area contributed by atoms with E-state index in [1.807, 2.05) is 31.2 Å². The fraction of sp³-hybridized carbons (Fsp3) is 0.391. The van der Waals surface area contributed by atoms with Crippen molar-refractivity contribution in [3.05, 3.63) is 70.8 Å². The number of aryl methyl sites for hydroxylation is 1. The summed E-state index contributed by atoms with van der Waals surface area (Å²) in [5, 5.41) is 5.60. The molecule has 1 fully saturated rings. The number of carbonyl (C=O) groups is 2. The van der Waals surface area contributed by atoms with E-state index in [1.54, 1.807) is 12.1 Å². The first-order chi connectivity index (χ1) is 13.6. The van der Waals surface area contributed by atoms with Gasteiger partial charge in [0.25, 0.3) is 5.91 Å². The summed E-state index contributed by atoms with van der Waals surface area (Å²) in [7, 11) is 0. The van der Waals surface area contributed by atoms with E-state index < -0.39 is 0 Å². The number of nitrogens with zero attached hydrogens (tertiary/aromatic N) is 1. The van der Waals surface area contributed by atoms with Gasteiger partial charge in [0.05, 0.1) is 6.54 Å². The van der Waals surface area contributed by atoms with Crippen molar-refractivity contribution in [2.45, 2.75) is 39.3 Å². The highest BCUT2D eigenvalue weighted by Gasteiger charge is 2.13. The molecule has 0 saturated carbocycles. The van der Waals surface area contributed by atoms with Gasteiger partial charge in [-0.2, -0.15) is 0 Å². The monoisotopic (exact) mass is 379 g/mol. The maximum Gasteiger partial charge on any atom is 0.251 e. The fourth-order valence-corrected chi connectivity index (χ4v) is 3.47. The van der Waals surface area contributed by atoms with E-state index in [-0.39, 0.29) is 18.4 Å². The molecule has 0 aliphatic carbocycles. The Morgan fingerprint density at radius 2 is 1.57 bits per heavy atom. The Morgan fingerprint density at radius 1 is 0.893 bits per heavy atom. The molecule has 2 aromatic rings. The smallest absolute Gasteiger partial charge is 0.251 e. The third-order valence-corrected chi connectivity index (χ3v) is 5.16. The summed E-state index contributed by atoms with van der Waals surface area (Å²) < 4.78 is 0. The van der Waals surface area contributed by atoms with E-state index in [2.05, 4.69) is 27.7 Å². The first kappa shape index (κ1) is 20.1. The average Bonchev–Trinajstić information content (AvgIpc) is 2.72. The maximum absolute atomic E-state index is 12.2. The van der Waals surface area contributed by atoms with E-state index in [1.165, 1.54) is 24.8 Å². The molecule has 2 aromatic carbocycles. The number of carbonyl (C=O) groups excluding carboxylic acids is 2. The van der Waals surface area contributed by atoms with Crippen LogP contribution in [0.3, 0.4) is 0 Å². The molecule has 0 aromatic heterocycles. The van der Waals surface area contributed by atoms with Crippen molar-refractivity contribution in [1.29, 1.82) is 0 Å². The third-order valence-electron chi connectivity index (χ3n) is 5.16. The lowest BCUT2D eigenvalue weighted by Gasteiger charge is -2.27. The zero-order chi connectivity index (χ0) is 19.8. The highest BCUT2D eigenvalue weighted by molar-refractivity contribution is 5.96. The second kappa shape index (κ2) is 10.0. The van der Waals surface area contributed by atoms with Gasteiger partial charge < -0.3 is 10.6 Å². The number of hydrogen-bond acceptors (Lipinski definition) is 3. The topological polar surface area (TPSA) is 61.4 Å². The Bertz CT molecular complexity index is 796. The molecule has 5 heteroatoms. The molecule has 5 nitrogen and oxygen atoms in total. The summed E-state index contributed by atoms with van der Waals surface area (Å²) in [6.07, 6.45) is 3.85. The van der Waals surface area contributed by atoms with Crippen molar-refractivity contribution in [2.24, 2.45) is 0 Å². The molecule has 1 saturated heterocycles. The Morgan fingerprint density at radius 3 is 2.29 bits per heavy atom. The molecular formula is C23H29N3O2. The van der Waals surface area contributed by atoms with Crippen LogP contribution in [0.1, 0.15) is 46.3 Å². The molecule has 2 amide bonds. The van der Waals surface area contributed by atoms with Crippen molar-refractivity contribution in [2.75, 3.05) is 19.6 Å². The summed E-state index contributed by atoms with van der Waals surface area (Å²) >= 11 is 0. The molecule has 0 spiro atoms. The van der Waals surface area contributed by atoms with Crippen molar-refractivity contribution in [3.8, 4) is 0 Å². The first-order valence-corrected chi connectivity index (χ1v) is 10.0. The van der Waals surface area contributed by atoms with Gasteiger partial charge in [0.15, 0.2) is 0 Å². The van der Waals surface area contributed by atoms with Crippen LogP contribution in [0.4, 0.5) is 0 Å². The number of piperidine rings is 1. The summed E-state index contributed by atoms with van der Waals surface area (Å²) in [6, 6.07) is 15.5. The van der Waals surface area contributed by atoms with Crippen LogP contribution in [-0.4, -0.2) is 36.3 Å². The lowest BCUT2D eigenvalue weighted by Crippen LogP contribution is -2.37. The van der Waals surface area contributed by atoms with Crippen molar-refractivity contribution in [3.63, 3.8) is 0 Å². The van der Waals surface area contributed by atoms with E-state index in [4.69, 9.17) is 0 Å². The molecule has 3 rings (SSSR count). The molecule has 148 valence electrons. The Balaban J connectivity index is 1.47. The highest BCUT2D eigenvalue weighted by atomic mass is 16.2. The first-order valence-electron chi connectivity index (χ1n) is 10.0. The van der Waals surface area contributed by atoms with E-state index >= 15 is 0 Å². The molecule has 28 heavy (non-hydrogen) atoms. The maximum atomic E-state index is 12.2. The molecule has 1 aliphatic heterocycles. The van der Waals surface area contributed by atoms with Crippen LogP contribution in [0.25, 0.3) is 0 Å². The van der Waals surface area contributed by atoms with Crippen LogP contribution >= 0.6 is 0 Å². The van der Waals surface area contributed by atoms with E-state index in [0.29, 0.717) is 12.1 Å². The number of nitrogens with one attached hydrogen (secondary N) is 2. The van der Waals surface area contributed by atoms with Crippen LogP contribution < -0.4 is 10.6 Å². The number of likely N-dealkylation sites (tertiary alicyclic amines) is 1. The lowest BCUT2D eigenvalue weighted by atomic mass is 10.0. The van der Waals surface area contributed by atoms with Crippen LogP contribution in [0.15, 0.2) is 48.5 Å². The van der Waals surface area contributed by atoms with E-state index in [0.717, 1.165) is 30.8 Å². The molecule has 0 unspecified atom stereocenters. The zero-order valence-corrected chi connectivity index (χ0v) is 16.5. The standard InChI is InChI=1S/C23H29N3O2/c1-18-9-11-19(12-10-18)23(28)25-16-22(27)24-15-20-7-3-4-8-21(20)17-26-13-5-2-6-14-26/h3-4,7-12H,2,5-6,13-17H2,1H3,(H,24,27)(H,25,28). The number of hydrogen-bond donors (Lipinski definition) is 2. The quantitative estimate of drug-likeness (QED) is 0.777. The lowest BCUT2D eigenvalue weighted by molar-refractivity contribution is -0.120. The number of rotatable bonds is 7. The Labute approximate surface area is 167 Å². The SMILES string of the molecule is Cc1ccc(C(=O)NCC(=O)NCc2ccccc2CN2CCCCC2)cc1.